The maximum Gasteiger partial charge on any atom is 0.342 e. The summed E-state index contributed by atoms with van der Waals surface area (Å²) in [7, 11) is 0. The summed E-state index contributed by atoms with van der Waals surface area (Å²) in [5, 5.41) is 11.0. The maximum atomic E-state index is 11.6. The summed E-state index contributed by atoms with van der Waals surface area (Å²) in [6.07, 6.45) is 0.776. The first-order valence-corrected chi connectivity index (χ1v) is 5.72. The number of amides is 1. The van der Waals surface area contributed by atoms with Crippen molar-refractivity contribution in [1.82, 2.24) is 15.3 Å². The van der Waals surface area contributed by atoms with Gasteiger partial charge in [-0.1, -0.05) is 0 Å². The molecule has 20 heavy (non-hydrogen) atoms. The molecule has 0 saturated heterocycles. The Kier molecular flexibility index (Phi) is 5.39. The minimum atomic E-state index is -1.44. The van der Waals surface area contributed by atoms with Crippen molar-refractivity contribution in [3.63, 3.8) is 0 Å². The van der Waals surface area contributed by atoms with Crippen LogP contribution in [-0.4, -0.2) is 46.1 Å². The molecule has 108 valence electrons. The average Bonchev–Trinajstić information content (AvgIpc) is 2.38. The van der Waals surface area contributed by atoms with Crippen LogP contribution in [0.4, 0.5) is 0 Å². The Labute approximate surface area is 113 Å². The van der Waals surface area contributed by atoms with Gasteiger partial charge in [-0.25, -0.2) is 9.78 Å². The van der Waals surface area contributed by atoms with Crippen LogP contribution >= 0.6 is 0 Å². The standard InChI is InChI=1S/C11H13N3O6/c1-2-20-7(15)3-4-12-10(17)8-13-5-6(11(18)19)9(16)14-8/h5H,2-4H2,1H3,(H,12,17)(H,18,19)(H,13,14,16). The van der Waals surface area contributed by atoms with Crippen LogP contribution in [-0.2, 0) is 9.53 Å². The average molecular weight is 283 g/mol. The van der Waals surface area contributed by atoms with Crippen molar-refractivity contribution in [1.29, 1.82) is 0 Å². The second-order valence-corrected chi connectivity index (χ2v) is 3.59. The van der Waals surface area contributed by atoms with Gasteiger partial charge in [-0.05, 0) is 6.92 Å². The molecule has 0 aliphatic heterocycles. The number of nitrogens with zero attached hydrogens (tertiary/aromatic N) is 1. The van der Waals surface area contributed by atoms with Crippen LogP contribution in [0.25, 0.3) is 0 Å². The summed E-state index contributed by atoms with van der Waals surface area (Å²) in [5.41, 5.74) is -1.49. The fourth-order valence-corrected chi connectivity index (χ4v) is 1.26. The SMILES string of the molecule is CCOC(=O)CCNC(=O)c1ncc(C(=O)O)c(=O)[nH]1. The summed E-state index contributed by atoms with van der Waals surface area (Å²) in [5.74, 6) is -2.95. The Morgan fingerprint density at radius 1 is 1.45 bits per heavy atom. The molecule has 0 aliphatic rings. The molecule has 0 bridgehead atoms. The zero-order chi connectivity index (χ0) is 15.1. The molecule has 0 saturated carbocycles. The zero-order valence-corrected chi connectivity index (χ0v) is 10.6. The van der Waals surface area contributed by atoms with Crippen LogP contribution in [0.2, 0.25) is 0 Å². The number of aromatic amines is 1. The molecule has 0 radical (unpaired) electrons. The van der Waals surface area contributed by atoms with E-state index >= 15 is 0 Å². The summed E-state index contributed by atoms with van der Waals surface area (Å²) in [6, 6.07) is 0. The van der Waals surface area contributed by atoms with E-state index in [0.717, 1.165) is 6.20 Å². The summed E-state index contributed by atoms with van der Waals surface area (Å²) in [6.45, 7) is 1.93. The van der Waals surface area contributed by atoms with Gasteiger partial charge in [0.15, 0.2) is 5.82 Å². The molecule has 0 fully saturated rings. The number of aromatic nitrogens is 2. The van der Waals surface area contributed by atoms with Gasteiger partial charge in [0.05, 0.1) is 13.0 Å². The molecule has 0 spiro atoms. The number of carbonyl (C=O) groups is 3. The normalized spacial score (nSPS) is 9.85. The number of hydrogen-bond acceptors (Lipinski definition) is 6. The van der Waals surface area contributed by atoms with Gasteiger partial charge in [-0.15, -0.1) is 0 Å². The van der Waals surface area contributed by atoms with Crippen LogP contribution in [0.1, 0.15) is 34.3 Å². The van der Waals surface area contributed by atoms with Gasteiger partial charge in [0.25, 0.3) is 11.5 Å². The number of carboxylic acids is 1. The van der Waals surface area contributed by atoms with Crippen LogP contribution in [0.5, 0.6) is 0 Å². The van der Waals surface area contributed by atoms with E-state index in [2.05, 4.69) is 15.0 Å². The number of H-pyrrole nitrogens is 1. The molecule has 0 atom stereocenters. The van der Waals surface area contributed by atoms with E-state index in [4.69, 9.17) is 5.11 Å². The third kappa shape index (κ3) is 4.19. The predicted octanol–water partition coefficient (Wildman–Crippen LogP) is -0.849. The number of carboxylic acid groups (broad SMARTS) is 1. The highest BCUT2D eigenvalue weighted by Crippen LogP contribution is 1.91. The van der Waals surface area contributed by atoms with Crippen molar-refractivity contribution in [3.8, 4) is 0 Å². The zero-order valence-electron chi connectivity index (χ0n) is 10.6. The Morgan fingerprint density at radius 2 is 2.15 bits per heavy atom. The van der Waals surface area contributed by atoms with E-state index in [1.807, 2.05) is 4.98 Å². The van der Waals surface area contributed by atoms with Crippen molar-refractivity contribution in [3.05, 3.63) is 27.9 Å². The smallest absolute Gasteiger partial charge is 0.342 e. The lowest BCUT2D eigenvalue weighted by Crippen LogP contribution is -2.31. The minimum absolute atomic E-state index is 0.0159. The van der Waals surface area contributed by atoms with E-state index < -0.39 is 29.0 Å². The van der Waals surface area contributed by atoms with Crippen molar-refractivity contribution in [2.45, 2.75) is 13.3 Å². The van der Waals surface area contributed by atoms with E-state index in [0.29, 0.717) is 0 Å². The van der Waals surface area contributed by atoms with Crippen molar-refractivity contribution in [2.75, 3.05) is 13.2 Å². The van der Waals surface area contributed by atoms with Gasteiger partial charge in [-0.3, -0.25) is 14.4 Å². The van der Waals surface area contributed by atoms with E-state index in [1.165, 1.54) is 0 Å². The lowest BCUT2D eigenvalue weighted by molar-refractivity contribution is -0.142. The minimum Gasteiger partial charge on any atom is -0.477 e. The third-order valence-electron chi connectivity index (χ3n) is 2.16. The Bertz CT molecular complexity index is 580. The van der Waals surface area contributed by atoms with Crippen molar-refractivity contribution >= 4 is 17.8 Å². The molecule has 1 aromatic rings. The maximum absolute atomic E-state index is 11.6. The molecule has 9 heteroatoms. The number of hydrogen-bond donors (Lipinski definition) is 3. The lowest BCUT2D eigenvalue weighted by atomic mass is 10.3. The molecule has 1 aromatic heterocycles. The fourth-order valence-electron chi connectivity index (χ4n) is 1.26. The molecule has 1 amide bonds. The number of esters is 1. The highest BCUT2D eigenvalue weighted by atomic mass is 16.5. The van der Waals surface area contributed by atoms with Crippen LogP contribution in [0.15, 0.2) is 11.0 Å². The molecular weight excluding hydrogens is 270 g/mol. The largest absolute Gasteiger partial charge is 0.477 e. The molecule has 0 aromatic carbocycles. The second-order valence-electron chi connectivity index (χ2n) is 3.59. The van der Waals surface area contributed by atoms with Crippen LogP contribution < -0.4 is 10.9 Å². The van der Waals surface area contributed by atoms with Gasteiger partial charge in [0.1, 0.15) is 5.56 Å². The van der Waals surface area contributed by atoms with Crippen LogP contribution in [0, 0.1) is 0 Å². The van der Waals surface area contributed by atoms with E-state index in [-0.39, 0.29) is 25.4 Å². The van der Waals surface area contributed by atoms with Gasteiger partial charge in [-0.2, -0.15) is 0 Å². The molecular formula is C11H13N3O6. The Balaban J connectivity index is 2.60. The lowest BCUT2D eigenvalue weighted by Gasteiger charge is -2.04. The first-order valence-electron chi connectivity index (χ1n) is 5.72. The second kappa shape index (κ2) is 7.02. The summed E-state index contributed by atoms with van der Waals surface area (Å²) < 4.78 is 4.66. The number of aromatic carboxylic acids is 1. The molecule has 1 rings (SSSR count). The van der Waals surface area contributed by atoms with Crippen molar-refractivity contribution < 1.29 is 24.2 Å². The molecule has 3 N–H and O–H groups in total. The van der Waals surface area contributed by atoms with Crippen molar-refractivity contribution in [2.24, 2.45) is 0 Å². The van der Waals surface area contributed by atoms with Gasteiger partial charge in [0, 0.05) is 12.7 Å². The van der Waals surface area contributed by atoms with Gasteiger partial charge in [0.2, 0.25) is 0 Å². The number of rotatable bonds is 6. The monoisotopic (exact) mass is 283 g/mol. The highest BCUT2D eigenvalue weighted by Gasteiger charge is 2.14. The van der Waals surface area contributed by atoms with Gasteiger partial charge < -0.3 is 20.1 Å². The number of nitrogens with one attached hydrogen (secondary N) is 2. The van der Waals surface area contributed by atoms with E-state index in [1.54, 1.807) is 6.92 Å². The number of carbonyl (C=O) groups excluding carboxylic acids is 2. The van der Waals surface area contributed by atoms with E-state index in [9.17, 15) is 19.2 Å². The quantitative estimate of drug-likeness (QED) is 0.578. The topological polar surface area (TPSA) is 138 Å². The first-order chi connectivity index (χ1) is 9.45. The summed E-state index contributed by atoms with van der Waals surface area (Å²) >= 11 is 0. The third-order valence-corrected chi connectivity index (χ3v) is 2.16. The number of ether oxygens (including phenoxy) is 1. The molecule has 0 unspecified atom stereocenters. The fraction of sp³-hybridized carbons (Fsp3) is 0.364. The Hall–Kier alpha value is -2.71. The molecule has 1 heterocycles. The summed E-state index contributed by atoms with van der Waals surface area (Å²) in [4.78, 5) is 50.1. The Morgan fingerprint density at radius 3 is 2.70 bits per heavy atom. The molecule has 0 aliphatic carbocycles. The first kappa shape index (κ1) is 15.3. The highest BCUT2D eigenvalue weighted by molar-refractivity contribution is 5.91. The predicted molar refractivity (Wildman–Crippen MR) is 65.4 cm³/mol. The van der Waals surface area contributed by atoms with Gasteiger partial charge >= 0.3 is 11.9 Å². The van der Waals surface area contributed by atoms with Crippen LogP contribution in [0.3, 0.4) is 0 Å². The molecule has 9 nitrogen and oxygen atoms in total.